The molecule has 1 amide bonds. The summed E-state index contributed by atoms with van der Waals surface area (Å²) in [4.78, 5) is 16.9. The molecule has 0 bridgehead atoms. The fourth-order valence-corrected chi connectivity index (χ4v) is 3.66. The number of thiophene rings is 1. The second kappa shape index (κ2) is 5.62. The van der Waals surface area contributed by atoms with Gasteiger partial charge in [-0.25, -0.2) is 0 Å². The molecule has 2 aromatic rings. The van der Waals surface area contributed by atoms with E-state index in [4.69, 9.17) is 0 Å². The molecule has 1 aromatic heterocycles. The lowest BCUT2D eigenvalue weighted by Crippen LogP contribution is -2.24. The maximum Gasteiger partial charge on any atom is 0.265 e. The molecule has 0 saturated carbocycles. The second-order valence-corrected chi connectivity index (χ2v) is 6.96. The number of carbonyl (C=O) groups is 1. The van der Waals surface area contributed by atoms with Gasteiger partial charge >= 0.3 is 0 Å². The average Bonchev–Trinajstić information content (AvgIpc) is 2.99. The zero-order chi connectivity index (χ0) is 15.0. The Bertz CT molecular complexity index is 652. The van der Waals surface area contributed by atoms with Gasteiger partial charge in [-0.15, -0.1) is 11.3 Å². The third kappa shape index (κ3) is 2.87. The molecule has 3 nitrogen and oxygen atoms in total. The fraction of sp³-hybridized carbons (Fsp3) is 0.353. The van der Waals surface area contributed by atoms with Crippen molar-refractivity contribution in [3.8, 4) is 0 Å². The van der Waals surface area contributed by atoms with Crippen LogP contribution in [0.4, 0.5) is 5.69 Å². The average molecular weight is 300 g/mol. The number of para-hydroxylation sites is 1. The van der Waals surface area contributed by atoms with E-state index in [-0.39, 0.29) is 5.91 Å². The summed E-state index contributed by atoms with van der Waals surface area (Å²) in [5, 5.41) is 3.01. The van der Waals surface area contributed by atoms with Gasteiger partial charge in [0.15, 0.2) is 0 Å². The standard InChI is InChI=1S/C17H20N2OS/c1-11(2)19-9-13-8-15(21-16(13)10-19)17(20)18-14-7-5-4-6-12(14)3/h4-8,11H,9-10H2,1-3H3,(H,18,20). The molecule has 1 aliphatic heterocycles. The molecule has 1 N–H and O–H groups in total. The lowest BCUT2D eigenvalue weighted by molar-refractivity contribution is 0.103. The summed E-state index contributed by atoms with van der Waals surface area (Å²) in [6.07, 6.45) is 0. The first-order valence-electron chi connectivity index (χ1n) is 7.27. The van der Waals surface area contributed by atoms with Crippen molar-refractivity contribution in [1.82, 2.24) is 4.90 Å². The number of rotatable bonds is 3. The van der Waals surface area contributed by atoms with E-state index in [9.17, 15) is 4.79 Å². The van der Waals surface area contributed by atoms with Crippen molar-refractivity contribution in [3.63, 3.8) is 0 Å². The predicted molar refractivity (Wildman–Crippen MR) is 87.8 cm³/mol. The summed E-state index contributed by atoms with van der Waals surface area (Å²) in [5.74, 6) is -0.000188. The fourth-order valence-electron chi connectivity index (χ4n) is 2.57. The summed E-state index contributed by atoms with van der Waals surface area (Å²) in [7, 11) is 0. The lowest BCUT2D eigenvalue weighted by atomic mass is 10.2. The van der Waals surface area contributed by atoms with Crippen molar-refractivity contribution in [2.45, 2.75) is 39.9 Å². The number of carbonyl (C=O) groups excluding carboxylic acids is 1. The number of nitrogens with zero attached hydrogens (tertiary/aromatic N) is 1. The third-order valence-electron chi connectivity index (χ3n) is 3.96. The smallest absolute Gasteiger partial charge is 0.265 e. The van der Waals surface area contributed by atoms with E-state index in [0.717, 1.165) is 29.2 Å². The SMILES string of the molecule is Cc1ccccc1NC(=O)c1cc2c(s1)CN(C(C)C)C2. The first kappa shape index (κ1) is 14.3. The van der Waals surface area contributed by atoms with Crippen LogP contribution in [-0.2, 0) is 13.1 Å². The lowest BCUT2D eigenvalue weighted by Gasteiger charge is -2.19. The number of anilines is 1. The van der Waals surface area contributed by atoms with Crippen molar-refractivity contribution in [3.05, 3.63) is 51.2 Å². The molecular weight excluding hydrogens is 280 g/mol. The van der Waals surface area contributed by atoms with Gasteiger partial charge < -0.3 is 5.32 Å². The van der Waals surface area contributed by atoms with Crippen LogP contribution >= 0.6 is 11.3 Å². The van der Waals surface area contributed by atoms with E-state index in [1.807, 2.05) is 31.2 Å². The van der Waals surface area contributed by atoms with Crippen LogP contribution in [0.25, 0.3) is 0 Å². The van der Waals surface area contributed by atoms with Gasteiger partial charge in [-0.3, -0.25) is 9.69 Å². The molecule has 3 rings (SSSR count). The van der Waals surface area contributed by atoms with Gasteiger partial charge in [0, 0.05) is 29.7 Å². The van der Waals surface area contributed by atoms with Gasteiger partial charge in [-0.2, -0.15) is 0 Å². The number of aryl methyl sites for hydroxylation is 1. The van der Waals surface area contributed by atoms with Crippen LogP contribution in [0, 0.1) is 6.92 Å². The highest BCUT2D eigenvalue weighted by atomic mass is 32.1. The zero-order valence-corrected chi connectivity index (χ0v) is 13.5. The van der Waals surface area contributed by atoms with E-state index in [2.05, 4.69) is 30.1 Å². The number of amides is 1. The highest BCUT2D eigenvalue weighted by Gasteiger charge is 2.25. The van der Waals surface area contributed by atoms with Crippen molar-refractivity contribution in [1.29, 1.82) is 0 Å². The topological polar surface area (TPSA) is 32.3 Å². The van der Waals surface area contributed by atoms with E-state index in [0.29, 0.717) is 6.04 Å². The molecule has 2 heterocycles. The van der Waals surface area contributed by atoms with E-state index >= 15 is 0 Å². The van der Waals surface area contributed by atoms with Gasteiger partial charge in [0.2, 0.25) is 0 Å². The van der Waals surface area contributed by atoms with Gasteiger partial charge in [0.1, 0.15) is 0 Å². The number of fused-ring (bicyclic) bond motifs is 1. The first-order valence-corrected chi connectivity index (χ1v) is 8.09. The highest BCUT2D eigenvalue weighted by molar-refractivity contribution is 7.14. The zero-order valence-electron chi connectivity index (χ0n) is 12.6. The van der Waals surface area contributed by atoms with Crippen LogP contribution in [0.1, 0.15) is 39.5 Å². The molecule has 0 fully saturated rings. The number of hydrogen-bond donors (Lipinski definition) is 1. The van der Waals surface area contributed by atoms with Crippen LogP contribution in [0.15, 0.2) is 30.3 Å². The molecule has 0 atom stereocenters. The summed E-state index contributed by atoms with van der Waals surface area (Å²) < 4.78 is 0. The molecule has 4 heteroatoms. The summed E-state index contributed by atoms with van der Waals surface area (Å²) in [6.45, 7) is 8.35. The van der Waals surface area contributed by atoms with Gasteiger partial charge in [-0.1, -0.05) is 18.2 Å². The molecule has 110 valence electrons. The minimum absolute atomic E-state index is 0.000188. The molecule has 0 unspecified atom stereocenters. The van der Waals surface area contributed by atoms with Crippen LogP contribution in [0.3, 0.4) is 0 Å². The predicted octanol–water partition coefficient (Wildman–Crippen LogP) is 4.03. The Morgan fingerprint density at radius 2 is 2.05 bits per heavy atom. The summed E-state index contributed by atoms with van der Waals surface area (Å²) in [6, 6.07) is 10.5. The monoisotopic (exact) mass is 300 g/mol. The van der Waals surface area contributed by atoms with Crippen molar-refractivity contribution >= 4 is 22.9 Å². The van der Waals surface area contributed by atoms with Crippen LogP contribution in [-0.4, -0.2) is 16.8 Å². The molecule has 21 heavy (non-hydrogen) atoms. The number of hydrogen-bond acceptors (Lipinski definition) is 3. The van der Waals surface area contributed by atoms with Crippen LogP contribution < -0.4 is 5.32 Å². The Labute approximate surface area is 129 Å². The summed E-state index contributed by atoms with van der Waals surface area (Å²) in [5.41, 5.74) is 3.28. The van der Waals surface area contributed by atoms with Crippen LogP contribution in [0.2, 0.25) is 0 Å². The molecule has 0 radical (unpaired) electrons. The number of benzene rings is 1. The van der Waals surface area contributed by atoms with Crippen molar-refractivity contribution in [2.75, 3.05) is 5.32 Å². The minimum Gasteiger partial charge on any atom is -0.321 e. The quantitative estimate of drug-likeness (QED) is 0.928. The van der Waals surface area contributed by atoms with Crippen molar-refractivity contribution < 1.29 is 4.79 Å². The minimum atomic E-state index is -0.000188. The Morgan fingerprint density at radius 1 is 1.29 bits per heavy atom. The molecule has 1 aliphatic rings. The molecule has 1 aromatic carbocycles. The third-order valence-corrected chi connectivity index (χ3v) is 5.12. The van der Waals surface area contributed by atoms with Gasteiger partial charge in [-0.05, 0) is 44.0 Å². The second-order valence-electron chi connectivity index (χ2n) is 5.83. The van der Waals surface area contributed by atoms with Gasteiger partial charge in [0.05, 0.1) is 4.88 Å². The Kier molecular flexibility index (Phi) is 3.83. The normalized spacial score (nSPS) is 14.5. The molecule has 0 saturated heterocycles. The van der Waals surface area contributed by atoms with Crippen LogP contribution in [0.5, 0.6) is 0 Å². The number of nitrogens with one attached hydrogen (secondary N) is 1. The highest BCUT2D eigenvalue weighted by Crippen LogP contribution is 2.32. The Morgan fingerprint density at radius 3 is 2.71 bits per heavy atom. The van der Waals surface area contributed by atoms with Crippen molar-refractivity contribution in [2.24, 2.45) is 0 Å². The summed E-state index contributed by atoms with van der Waals surface area (Å²) >= 11 is 1.62. The van der Waals surface area contributed by atoms with E-state index < -0.39 is 0 Å². The molecule has 0 spiro atoms. The van der Waals surface area contributed by atoms with E-state index in [1.54, 1.807) is 11.3 Å². The maximum absolute atomic E-state index is 12.4. The largest absolute Gasteiger partial charge is 0.321 e. The molecular formula is C17H20N2OS. The van der Waals surface area contributed by atoms with E-state index in [1.165, 1.54) is 10.4 Å². The first-order chi connectivity index (χ1) is 10.0. The van der Waals surface area contributed by atoms with Gasteiger partial charge in [0.25, 0.3) is 5.91 Å². The molecule has 0 aliphatic carbocycles. The Hall–Kier alpha value is -1.65. The Balaban J connectivity index is 1.74. The maximum atomic E-state index is 12.4.